The summed E-state index contributed by atoms with van der Waals surface area (Å²) in [6.45, 7) is 0. The van der Waals surface area contributed by atoms with Crippen molar-refractivity contribution in [3.05, 3.63) is 23.8 Å². The van der Waals surface area contributed by atoms with E-state index in [9.17, 15) is 4.79 Å². The topological polar surface area (TPSA) is 72.8 Å². The van der Waals surface area contributed by atoms with Crippen molar-refractivity contribution < 1.29 is 24.1 Å². The molecule has 0 aliphatic heterocycles. The van der Waals surface area contributed by atoms with Crippen molar-refractivity contribution in [2.75, 3.05) is 0 Å². The minimum atomic E-state index is -0.866. The van der Waals surface area contributed by atoms with E-state index in [2.05, 4.69) is 14.0 Å². The fraction of sp³-hybridized carbons (Fsp3) is 0. The SMILES string of the molecule is O=C(OO)c1cccc2ooc12. The van der Waals surface area contributed by atoms with Gasteiger partial charge in [0.2, 0.25) is 11.2 Å². The van der Waals surface area contributed by atoms with Crippen LogP contribution in [0.25, 0.3) is 11.2 Å². The fourth-order valence-electron chi connectivity index (χ4n) is 0.930. The Morgan fingerprint density at radius 1 is 1.42 bits per heavy atom. The Bertz CT molecular complexity index is 410. The lowest BCUT2D eigenvalue weighted by Crippen LogP contribution is -2.02. The van der Waals surface area contributed by atoms with E-state index in [1.165, 1.54) is 6.07 Å². The molecule has 0 spiro atoms. The third kappa shape index (κ3) is 0.802. The highest BCUT2D eigenvalue weighted by atomic mass is 17.1. The Hall–Kier alpha value is -1.75. The van der Waals surface area contributed by atoms with Gasteiger partial charge >= 0.3 is 5.97 Å². The van der Waals surface area contributed by atoms with E-state index >= 15 is 0 Å². The van der Waals surface area contributed by atoms with Crippen LogP contribution in [0.1, 0.15) is 10.4 Å². The molecular formula is C7H4O5. The molecule has 2 aromatic rings. The maximum Gasteiger partial charge on any atom is 0.376 e. The first-order chi connectivity index (χ1) is 5.83. The van der Waals surface area contributed by atoms with Crippen LogP contribution in [-0.4, -0.2) is 11.2 Å². The number of para-hydroxylation sites is 1. The molecule has 0 atom stereocenters. The summed E-state index contributed by atoms with van der Waals surface area (Å²) in [5, 5.41) is 8.08. The third-order valence-electron chi connectivity index (χ3n) is 1.50. The molecule has 0 saturated heterocycles. The van der Waals surface area contributed by atoms with Gasteiger partial charge < -0.3 is 0 Å². The molecule has 0 bridgehead atoms. The Labute approximate surface area is 66.0 Å². The summed E-state index contributed by atoms with van der Waals surface area (Å²) in [6.07, 6.45) is 0. The van der Waals surface area contributed by atoms with Gasteiger partial charge in [-0.15, -0.1) is 0 Å². The maximum atomic E-state index is 10.8. The summed E-state index contributed by atoms with van der Waals surface area (Å²) in [4.78, 5) is 14.3. The van der Waals surface area contributed by atoms with Crippen LogP contribution >= 0.6 is 0 Å². The summed E-state index contributed by atoms with van der Waals surface area (Å²) >= 11 is 0. The zero-order chi connectivity index (χ0) is 8.55. The van der Waals surface area contributed by atoms with Crippen LogP contribution in [0.3, 0.4) is 0 Å². The molecule has 1 aromatic heterocycles. The minimum Gasteiger partial charge on any atom is -0.295 e. The highest BCUT2D eigenvalue weighted by molar-refractivity contribution is 6.00. The first-order valence-corrected chi connectivity index (χ1v) is 3.16. The molecule has 0 saturated carbocycles. The summed E-state index contributed by atoms with van der Waals surface area (Å²) in [5.41, 5.74) is 0.885. The number of carbonyl (C=O) groups excluding carboxylic acids is 1. The second-order valence-electron chi connectivity index (χ2n) is 2.18. The third-order valence-corrected chi connectivity index (χ3v) is 1.50. The van der Waals surface area contributed by atoms with Crippen molar-refractivity contribution >= 4 is 17.1 Å². The fourth-order valence-corrected chi connectivity index (χ4v) is 0.930. The zero-order valence-corrected chi connectivity index (χ0v) is 5.81. The van der Waals surface area contributed by atoms with Crippen molar-refractivity contribution in [3.63, 3.8) is 0 Å². The van der Waals surface area contributed by atoms with Gasteiger partial charge in [0, 0.05) is 0 Å². The molecule has 2 rings (SSSR count). The van der Waals surface area contributed by atoms with Gasteiger partial charge in [-0.05, 0) is 12.1 Å². The molecule has 1 aromatic carbocycles. The summed E-state index contributed by atoms with van der Waals surface area (Å²) in [6, 6.07) is 4.68. The number of rotatable bonds is 1. The average molecular weight is 168 g/mol. The van der Waals surface area contributed by atoms with Gasteiger partial charge in [-0.3, -0.25) is 14.0 Å². The van der Waals surface area contributed by atoms with Crippen LogP contribution in [0, 0.1) is 0 Å². The van der Waals surface area contributed by atoms with Crippen molar-refractivity contribution in [1.29, 1.82) is 0 Å². The Morgan fingerprint density at radius 2 is 2.25 bits per heavy atom. The number of hydrogen-bond acceptors (Lipinski definition) is 5. The number of benzene rings is 1. The molecule has 1 N–H and O–H groups in total. The van der Waals surface area contributed by atoms with Crippen LogP contribution in [0.2, 0.25) is 0 Å². The van der Waals surface area contributed by atoms with E-state index in [0.29, 0.717) is 5.58 Å². The van der Waals surface area contributed by atoms with E-state index in [1.807, 2.05) is 0 Å². The lowest BCUT2D eigenvalue weighted by atomic mass is 10.2. The number of hydrogen-bond donors (Lipinski definition) is 1. The number of carbonyl (C=O) groups is 1. The molecule has 62 valence electrons. The second kappa shape index (κ2) is 2.38. The van der Waals surface area contributed by atoms with Gasteiger partial charge in [0.1, 0.15) is 5.56 Å². The first-order valence-electron chi connectivity index (χ1n) is 3.16. The Kier molecular flexibility index (Phi) is 1.38. The van der Waals surface area contributed by atoms with Gasteiger partial charge in [-0.25, -0.2) is 4.79 Å². The van der Waals surface area contributed by atoms with E-state index in [1.54, 1.807) is 12.1 Å². The lowest BCUT2D eigenvalue weighted by molar-refractivity contribution is -0.182. The van der Waals surface area contributed by atoms with Crippen LogP contribution in [0.15, 0.2) is 27.4 Å². The summed E-state index contributed by atoms with van der Waals surface area (Å²) in [5.74, 6) is -0.866. The van der Waals surface area contributed by atoms with Crippen molar-refractivity contribution in [1.82, 2.24) is 0 Å². The molecule has 0 unspecified atom stereocenters. The second-order valence-corrected chi connectivity index (χ2v) is 2.18. The standard InChI is InChI=1S/C7H4O5/c8-7(10-9)4-2-1-3-5-6(4)12-11-5/h1-3,9H. The molecular weight excluding hydrogens is 164 g/mol. The summed E-state index contributed by atoms with van der Waals surface area (Å²) < 4.78 is 9.04. The molecule has 5 nitrogen and oxygen atoms in total. The van der Waals surface area contributed by atoms with Gasteiger partial charge in [-0.2, -0.15) is 5.26 Å². The lowest BCUT2D eigenvalue weighted by Gasteiger charge is -2.01. The molecule has 1 heterocycles. The predicted octanol–water partition coefficient (Wildman–Crippen LogP) is 1.66. The van der Waals surface area contributed by atoms with Crippen molar-refractivity contribution in [2.45, 2.75) is 0 Å². The highest BCUT2D eigenvalue weighted by Crippen LogP contribution is 2.22. The quantitative estimate of drug-likeness (QED) is 0.517. The molecule has 12 heavy (non-hydrogen) atoms. The molecule has 0 radical (unpaired) electrons. The van der Waals surface area contributed by atoms with Gasteiger partial charge in [0.05, 0.1) is 0 Å². The zero-order valence-electron chi connectivity index (χ0n) is 5.81. The monoisotopic (exact) mass is 168 g/mol. The smallest absolute Gasteiger partial charge is 0.295 e. The minimum absolute atomic E-state index is 0.140. The largest absolute Gasteiger partial charge is 0.376 e. The summed E-state index contributed by atoms with van der Waals surface area (Å²) in [7, 11) is 0. The Balaban J connectivity index is 2.56. The van der Waals surface area contributed by atoms with Gasteiger partial charge in [0.25, 0.3) is 0 Å². The predicted molar refractivity (Wildman–Crippen MR) is 36.5 cm³/mol. The van der Waals surface area contributed by atoms with Crippen molar-refractivity contribution in [2.24, 2.45) is 0 Å². The molecule has 0 aliphatic carbocycles. The van der Waals surface area contributed by atoms with Gasteiger partial charge in [-0.1, -0.05) is 6.07 Å². The molecule has 5 heteroatoms. The average Bonchev–Trinajstić information content (AvgIpc) is 2.05. The van der Waals surface area contributed by atoms with Crippen LogP contribution < -0.4 is 0 Å². The normalized spacial score (nSPS) is 10.4. The highest BCUT2D eigenvalue weighted by Gasteiger charge is 2.17. The van der Waals surface area contributed by atoms with E-state index in [-0.39, 0.29) is 11.1 Å². The van der Waals surface area contributed by atoms with E-state index in [4.69, 9.17) is 5.26 Å². The molecule has 0 aliphatic rings. The first kappa shape index (κ1) is 6.93. The molecule has 0 amide bonds. The van der Waals surface area contributed by atoms with E-state index < -0.39 is 5.97 Å². The van der Waals surface area contributed by atoms with Crippen LogP contribution in [-0.2, 0) is 4.89 Å². The van der Waals surface area contributed by atoms with Crippen molar-refractivity contribution in [3.8, 4) is 0 Å². The number of fused-ring (bicyclic) bond motifs is 1. The molecule has 0 fully saturated rings. The van der Waals surface area contributed by atoms with Gasteiger partial charge in [0.15, 0.2) is 0 Å². The van der Waals surface area contributed by atoms with E-state index in [0.717, 1.165) is 0 Å². The maximum absolute atomic E-state index is 10.8. The Morgan fingerprint density at radius 3 is 2.83 bits per heavy atom. The van der Waals surface area contributed by atoms with Crippen LogP contribution in [0.4, 0.5) is 0 Å². The van der Waals surface area contributed by atoms with Crippen LogP contribution in [0.5, 0.6) is 0 Å².